The Labute approximate surface area is 112 Å². The number of amides is 1. The van der Waals surface area contributed by atoms with Gasteiger partial charge in [0.15, 0.2) is 0 Å². The second-order valence-electron chi connectivity index (χ2n) is 4.63. The van der Waals surface area contributed by atoms with E-state index >= 15 is 0 Å². The Kier molecular flexibility index (Phi) is 3.97. The van der Waals surface area contributed by atoms with Crippen LogP contribution >= 0.6 is 0 Å². The number of nitrogens with one attached hydrogen (secondary N) is 1. The summed E-state index contributed by atoms with van der Waals surface area (Å²) in [6.45, 7) is 4.00. The molecule has 0 aliphatic rings. The van der Waals surface area contributed by atoms with E-state index in [1.807, 2.05) is 44.2 Å². The number of nitrogens with zero attached hydrogens (tertiary/aromatic N) is 2. The highest BCUT2D eigenvalue weighted by atomic mass is 16.2. The lowest BCUT2D eigenvalue weighted by atomic mass is 10.1. The van der Waals surface area contributed by atoms with Crippen molar-refractivity contribution < 1.29 is 4.79 Å². The topological polar surface area (TPSA) is 72.9 Å². The summed E-state index contributed by atoms with van der Waals surface area (Å²) in [5.74, 6) is 0.417. The van der Waals surface area contributed by atoms with E-state index < -0.39 is 6.04 Å². The molecule has 5 nitrogen and oxygen atoms in total. The van der Waals surface area contributed by atoms with Gasteiger partial charge in [0, 0.05) is 12.1 Å². The molecule has 1 atom stereocenters. The third kappa shape index (κ3) is 3.00. The van der Waals surface area contributed by atoms with Crippen LogP contribution in [0.25, 0.3) is 0 Å². The van der Waals surface area contributed by atoms with Gasteiger partial charge in [-0.1, -0.05) is 30.3 Å². The fourth-order valence-electron chi connectivity index (χ4n) is 1.84. The van der Waals surface area contributed by atoms with Crippen molar-refractivity contribution in [2.24, 2.45) is 5.73 Å². The van der Waals surface area contributed by atoms with Crippen molar-refractivity contribution in [1.29, 1.82) is 0 Å². The molecule has 1 aromatic carbocycles. The molecule has 0 spiro atoms. The third-order valence-corrected chi connectivity index (χ3v) is 2.85. The van der Waals surface area contributed by atoms with Crippen molar-refractivity contribution in [3.8, 4) is 0 Å². The number of aromatic nitrogens is 2. The molecule has 1 amide bonds. The van der Waals surface area contributed by atoms with Crippen molar-refractivity contribution in [3.05, 3.63) is 48.2 Å². The monoisotopic (exact) mass is 258 g/mol. The van der Waals surface area contributed by atoms with Crippen LogP contribution in [0.15, 0.2) is 42.6 Å². The summed E-state index contributed by atoms with van der Waals surface area (Å²) in [5.41, 5.74) is 6.73. The molecule has 3 N–H and O–H groups in total. The molecule has 0 fully saturated rings. The van der Waals surface area contributed by atoms with Gasteiger partial charge in [-0.25, -0.2) is 4.68 Å². The largest absolute Gasteiger partial charge is 0.316 e. The van der Waals surface area contributed by atoms with Crippen LogP contribution in [0.1, 0.15) is 31.5 Å². The normalized spacial score (nSPS) is 12.4. The second kappa shape index (κ2) is 5.67. The van der Waals surface area contributed by atoms with Crippen molar-refractivity contribution in [2.45, 2.75) is 25.9 Å². The smallest absolute Gasteiger partial charge is 0.247 e. The zero-order valence-corrected chi connectivity index (χ0v) is 11.1. The molecule has 1 aromatic heterocycles. The number of benzene rings is 1. The highest BCUT2D eigenvalue weighted by molar-refractivity contribution is 5.94. The van der Waals surface area contributed by atoms with Crippen LogP contribution in [0, 0.1) is 0 Å². The third-order valence-electron chi connectivity index (χ3n) is 2.85. The van der Waals surface area contributed by atoms with Gasteiger partial charge >= 0.3 is 0 Å². The lowest BCUT2D eigenvalue weighted by Crippen LogP contribution is -2.28. The molecule has 0 unspecified atom stereocenters. The molecule has 0 aliphatic carbocycles. The molecule has 2 aromatic rings. The summed E-state index contributed by atoms with van der Waals surface area (Å²) >= 11 is 0. The molecule has 2 rings (SSSR count). The number of hydrogen-bond donors (Lipinski definition) is 2. The Morgan fingerprint density at radius 3 is 2.58 bits per heavy atom. The summed E-state index contributed by atoms with van der Waals surface area (Å²) < 4.78 is 1.75. The van der Waals surface area contributed by atoms with Crippen LogP contribution in [0.4, 0.5) is 5.82 Å². The molecular weight excluding hydrogens is 240 g/mol. The van der Waals surface area contributed by atoms with Crippen LogP contribution < -0.4 is 11.1 Å². The van der Waals surface area contributed by atoms with Crippen molar-refractivity contribution in [2.75, 3.05) is 5.32 Å². The summed E-state index contributed by atoms with van der Waals surface area (Å²) in [6.07, 6.45) is 1.66. The van der Waals surface area contributed by atoms with Crippen molar-refractivity contribution in [3.63, 3.8) is 0 Å². The molecule has 0 radical (unpaired) electrons. The first-order valence-corrected chi connectivity index (χ1v) is 6.24. The van der Waals surface area contributed by atoms with E-state index in [9.17, 15) is 4.79 Å². The number of anilines is 1. The van der Waals surface area contributed by atoms with Crippen molar-refractivity contribution in [1.82, 2.24) is 9.78 Å². The Morgan fingerprint density at radius 2 is 1.95 bits per heavy atom. The predicted molar refractivity (Wildman–Crippen MR) is 74.6 cm³/mol. The predicted octanol–water partition coefficient (Wildman–Crippen LogP) is 2.10. The lowest BCUT2D eigenvalue weighted by molar-refractivity contribution is -0.117. The standard InChI is InChI=1S/C14H18N4O/c1-10(2)18-12(8-9-16-18)17-14(19)13(15)11-6-4-3-5-7-11/h3-10,13H,15H2,1-2H3,(H,17,19)/t13-/m1/s1. The summed E-state index contributed by atoms with van der Waals surface area (Å²) in [6, 6.07) is 10.5. The molecule has 0 saturated heterocycles. The second-order valence-corrected chi connectivity index (χ2v) is 4.63. The molecule has 5 heteroatoms. The zero-order chi connectivity index (χ0) is 13.8. The first-order chi connectivity index (χ1) is 9.09. The molecule has 100 valence electrons. The molecular formula is C14H18N4O. The van der Waals surface area contributed by atoms with Gasteiger partial charge in [0.25, 0.3) is 0 Å². The van der Waals surface area contributed by atoms with Crippen LogP contribution in [-0.2, 0) is 4.79 Å². The summed E-state index contributed by atoms with van der Waals surface area (Å²) in [4.78, 5) is 12.1. The van der Waals surface area contributed by atoms with Gasteiger partial charge in [-0.05, 0) is 19.4 Å². The fraction of sp³-hybridized carbons (Fsp3) is 0.286. The minimum absolute atomic E-state index is 0.179. The van der Waals surface area contributed by atoms with Gasteiger partial charge in [0.1, 0.15) is 11.9 Å². The Balaban J connectivity index is 2.11. The van der Waals surface area contributed by atoms with E-state index in [4.69, 9.17) is 5.73 Å². The van der Waals surface area contributed by atoms with E-state index in [-0.39, 0.29) is 11.9 Å². The van der Waals surface area contributed by atoms with E-state index in [0.717, 1.165) is 5.56 Å². The quantitative estimate of drug-likeness (QED) is 0.882. The van der Waals surface area contributed by atoms with Gasteiger partial charge in [-0.3, -0.25) is 4.79 Å². The average Bonchev–Trinajstić information content (AvgIpc) is 2.87. The highest BCUT2D eigenvalue weighted by Gasteiger charge is 2.17. The number of carbonyl (C=O) groups is 1. The number of rotatable bonds is 4. The van der Waals surface area contributed by atoms with E-state index in [0.29, 0.717) is 5.82 Å². The van der Waals surface area contributed by atoms with Gasteiger partial charge in [0.05, 0.1) is 6.20 Å². The maximum atomic E-state index is 12.1. The van der Waals surface area contributed by atoms with Crippen LogP contribution in [0.2, 0.25) is 0 Å². The maximum Gasteiger partial charge on any atom is 0.247 e. The van der Waals surface area contributed by atoms with Crippen LogP contribution in [-0.4, -0.2) is 15.7 Å². The SMILES string of the molecule is CC(C)n1nccc1NC(=O)[C@H](N)c1ccccc1. The molecule has 0 aliphatic heterocycles. The zero-order valence-electron chi connectivity index (χ0n) is 11.1. The summed E-state index contributed by atoms with van der Waals surface area (Å²) in [5, 5.41) is 6.97. The molecule has 19 heavy (non-hydrogen) atoms. The van der Waals surface area contributed by atoms with Gasteiger partial charge in [0.2, 0.25) is 5.91 Å². The van der Waals surface area contributed by atoms with Crippen LogP contribution in [0.3, 0.4) is 0 Å². The highest BCUT2D eigenvalue weighted by Crippen LogP contribution is 2.16. The fourth-order valence-corrected chi connectivity index (χ4v) is 1.84. The Morgan fingerprint density at radius 1 is 1.26 bits per heavy atom. The van der Waals surface area contributed by atoms with Crippen molar-refractivity contribution >= 4 is 11.7 Å². The number of carbonyl (C=O) groups excluding carboxylic acids is 1. The Hall–Kier alpha value is -2.14. The minimum atomic E-state index is -0.684. The van der Waals surface area contributed by atoms with E-state index in [1.54, 1.807) is 16.9 Å². The first kappa shape index (κ1) is 13.3. The molecule has 0 saturated carbocycles. The first-order valence-electron chi connectivity index (χ1n) is 6.24. The average molecular weight is 258 g/mol. The number of hydrogen-bond acceptors (Lipinski definition) is 3. The van der Waals surface area contributed by atoms with Gasteiger partial charge in [-0.2, -0.15) is 5.10 Å². The molecule has 0 bridgehead atoms. The Bertz CT molecular complexity index is 548. The van der Waals surface area contributed by atoms with Crippen LogP contribution in [0.5, 0.6) is 0 Å². The molecule has 1 heterocycles. The maximum absolute atomic E-state index is 12.1. The number of nitrogens with two attached hydrogens (primary N) is 1. The van der Waals surface area contributed by atoms with Gasteiger partial charge < -0.3 is 11.1 Å². The lowest BCUT2D eigenvalue weighted by Gasteiger charge is -2.15. The minimum Gasteiger partial charge on any atom is -0.316 e. The van der Waals surface area contributed by atoms with E-state index in [1.165, 1.54) is 0 Å². The summed E-state index contributed by atoms with van der Waals surface area (Å²) in [7, 11) is 0. The van der Waals surface area contributed by atoms with Gasteiger partial charge in [-0.15, -0.1) is 0 Å². The van der Waals surface area contributed by atoms with E-state index in [2.05, 4.69) is 10.4 Å².